The normalized spacial score (nSPS) is 14.2. The number of halogens is 1. The molecule has 0 aliphatic heterocycles. The molecule has 0 fully saturated rings. The van der Waals surface area contributed by atoms with Crippen LogP contribution in [0.5, 0.6) is 0 Å². The van der Waals surface area contributed by atoms with Crippen molar-refractivity contribution in [2.75, 3.05) is 6.61 Å². The fourth-order valence-corrected chi connectivity index (χ4v) is 1.65. The Morgan fingerprint density at radius 3 is 2.71 bits per heavy atom. The van der Waals surface area contributed by atoms with Crippen LogP contribution in [0.3, 0.4) is 0 Å². The summed E-state index contributed by atoms with van der Waals surface area (Å²) in [5.41, 5.74) is 1.19. The summed E-state index contributed by atoms with van der Waals surface area (Å²) < 4.78 is 4.62. The third kappa shape index (κ3) is 3.43. The lowest BCUT2D eigenvalue weighted by Crippen LogP contribution is -2.30. The van der Waals surface area contributed by atoms with Crippen LogP contribution < -0.4 is 0 Å². The average Bonchev–Trinajstić information content (AvgIpc) is 2.30. The predicted molar refractivity (Wildman–Crippen MR) is 63.8 cm³/mol. The Balaban J connectivity index is 2.91. The van der Waals surface area contributed by atoms with Gasteiger partial charge < -0.3 is 14.9 Å². The Labute approximate surface area is 105 Å². The SMILES string of the molecule is CCOC(=O)C(O)C(O)c1cc(C)ccc1Cl. The molecule has 1 aromatic carbocycles. The molecule has 0 aromatic heterocycles. The molecule has 2 unspecified atom stereocenters. The number of carbonyl (C=O) groups excluding carboxylic acids is 1. The Hall–Kier alpha value is -1.10. The van der Waals surface area contributed by atoms with Crippen LogP contribution in [0.15, 0.2) is 18.2 Å². The second kappa shape index (κ2) is 6.00. The molecule has 5 heteroatoms. The van der Waals surface area contributed by atoms with Gasteiger partial charge in [0.15, 0.2) is 6.10 Å². The zero-order valence-corrected chi connectivity index (χ0v) is 10.4. The number of hydrogen-bond donors (Lipinski definition) is 2. The van der Waals surface area contributed by atoms with Gasteiger partial charge in [0.1, 0.15) is 6.10 Å². The van der Waals surface area contributed by atoms with Crippen molar-refractivity contribution in [2.24, 2.45) is 0 Å². The van der Waals surface area contributed by atoms with Crippen LogP contribution in [-0.4, -0.2) is 28.9 Å². The molecule has 0 aliphatic carbocycles. The second-order valence-electron chi connectivity index (χ2n) is 3.67. The number of benzene rings is 1. The van der Waals surface area contributed by atoms with Gasteiger partial charge in [-0.3, -0.25) is 0 Å². The molecule has 0 amide bonds. The Morgan fingerprint density at radius 1 is 1.47 bits per heavy atom. The van der Waals surface area contributed by atoms with Crippen molar-refractivity contribution in [3.8, 4) is 0 Å². The lowest BCUT2D eigenvalue weighted by atomic mass is 10.0. The van der Waals surface area contributed by atoms with Gasteiger partial charge in [0.2, 0.25) is 0 Å². The number of aliphatic hydroxyl groups excluding tert-OH is 2. The number of carbonyl (C=O) groups is 1. The largest absolute Gasteiger partial charge is 0.464 e. The molecule has 0 heterocycles. The van der Waals surface area contributed by atoms with E-state index in [0.29, 0.717) is 10.6 Å². The van der Waals surface area contributed by atoms with Crippen LogP contribution in [0.2, 0.25) is 5.02 Å². The summed E-state index contributed by atoms with van der Waals surface area (Å²) in [5, 5.41) is 19.8. The first kappa shape index (κ1) is 14.0. The topological polar surface area (TPSA) is 66.8 Å². The highest BCUT2D eigenvalue weighted by molar-refractivity contribution is 6.31. The summed E-state index contributed by atoms with van der Waals surface area (Å²) in [5.74, 6) is -0.863. The van der Waals surface area contributed by atoms with Crippen LogP contribution in [0.25, 0.3) is 0 Å². The van der Waals surface area contributed by atoms with Crippen molar-refractivity contribution in [1.29, 1.82) is 0 Å². The van der Waals surface area contributed by atoms with Gasteiger partial charge in [-0.1, -0.05) is 29.3 Å². The molecular formula is C12H15ClO4. The minimum atomic E-state index is -1.63. The number of aryl methyl sites for hydroxylation is 1. The molecule has 17 heavy (non-hydrogen) atoms. The lowest BCUT2D eigenvalue weighted by molar-refractivity contribution is -0.159. The van der Waals surface area contributed by atoms with E-state index in [1.807, 2.05) is 6.92 Å². The molecule has 0 bridgehead atoms. The molecule has 0 saturated carbocycles. The molecule has 1 rings (SSSR count). The van der Waals surface area contributed by atoms with E-state index in [2.05, 4.69) is 4.74 Å². The first-order valence-corrected chi connectivity index (χ1v) is 5.64. The van der Waals surface area contributed by atoms with Gasteiger partial charge in [-0.15, -0.1) is 0 Å². The van der Waals surface area contributed by atoms with Crippen molar-refractivity contribution < 1.29 is 19.7 Å². The Bertz CT molecular complexity index is 405. The third-order valence-corrected chi connectivity index (χ3v) is 2.64. The molecule has 4 nitrogen and oxygen atoms in total. The molecule has 0 aliphatic rings. The summed E-state index contributed by atoms with van der Waals surface area (Å²) in [6, 6.07) is 5.00. The van der Waals surface area contributed by atoms with Crippen molar-refractivity contribution in [1.82, 2.24) is 0 Å². The van der Waals surface area contributed by atoms with E-state index in [9.17, 15) is 15.0 Å². The van der Waals surface area contributed by atoms with Gasteiger partial charge in [0, 0.05) is 10.6 Å². The minimum Gasteiger partial charge on any atom is -0.464 e. The highest BCUT2D eigenvalue weighted by Crippen LogP contribution is 2.26. The average molecular weight is 259 g/mol. The first-order chi connectivity index (χ1) is 7.97. The summed E-state index contributed by atoms with van der Waals surface area (Å²) in [6.45, 7) is 3.59. The highest BCUT2D eigenvalue weighted by Gasteiger charge is 2.28. The van der Waals surface area contributed by atoms with Crippen LogP contribution in [0.1, 0.15) is 24.2 Å². The molecular weight excluding hydrogens is 244 g/mol. The lowest BCUT2D eigenvalue weighted by Gasteiger charge is -2.18. The molecule has 2 atom stereocenters. The smallest absolute Gasteiger partial charge is 0.338 e. The van der Waals surface area contributed by atoms with Gasteiger partial charge in [-0.2, -0.15) is 0 Å². The summed E-state index contributed by atoms with van der Waals surface area (Å²) >= 11 is 5.89. The van der Waals surface area contributed by atoms with E-state index in [0.717, 1.165) is 5.56 Å². The molecule has 1 aromatic rings. The number of esters is 1. The third-order valence-electron chi connectivity index (χ3n) is 2.30. The van der Waals surface area contributed by atoms with Gasteiger partial charge >= 0.3 is 5.97 Å². The van der Waals surface area contributed by atoms with Gasteiger partial charge in [0.25, 0.3) is 0 Å². The molecule has 2 N–H and O–H groups in total. The minimum absolute atomic E-state index is 0.143. The van der Waals surface area contributed by atoms with Crippen LogP contribution in [0.4, 0.5) is 0 Å². The van der Waals surface area contributed by atoms with E-state index < -0.39 is 18.2 Å². The maximum atomic E-state index is 11.3. The van der Waals surface area contributed by atoms with Gasteiger partial charge in [-0.05, 0) is 19.9 Å². The number of hydrogen-bond acceptors (Lipinski definition) is 4. The van der Waals surface area contributed by atoms with Gasteiger partial charge in [-0.25, -0.2) is 4.79 Å². The number of aliphatic hydroxyl groups is 2. The maximum absolute atomic E-state index is 11.3. The van der Waals surface area contributed by atoms with E-state index in [1.54, 1.807) is 25.1 Å². The standard InChI is InChI=1S/C12H15ClO4/c1-3-17-12(16)11(15)10(14)8-6-7(2)4-5-9(8)13/h4-6,10-11,14-15H,3H2,1-2H3. The number of rotatable bonds is 4. The van der Waals surface area contributed by atoms with Crippen LogP contribution >= 0.6 is 11.6 Å². The van der Waals surface area contributed by atoms with Crippen molar-refractivity contribution >= 4 is 17.6 Å². The van der Waals surface area contributed by atoms with Crippen molar-refractivity contribution in [2.45, 2.75) is 26.1 Å². The molecule has 0 saturated heterocycles. The van der Waals surface area contributed by atoms with E-state index in [-0.39, 0.29) is 6.61 Å². The fourth-order valence-electron chi connectivity index (χ4n) is 1.42. The van der Waals surface area contributed by atoms with Gasteiger partial charge in [0.05, 0.1) is 6.61 Å². The zero-order chi connectivity index (χ0) is 13.0. The monoisotopic (exact) mass is 258 g/mol. The highest BCUT2D eigenvalue weighted by atomic mass is 35.5. The quantitative estimate of drug-likeness (QED) is 0.805. The fraction of sp³-hybridized carbons (Fsp3) is 0.417. The van der Waals surface area contributed by atoms with Crippen LogP contribution in [0, 0.1) is 6.92 Å². The van der Waals surface area contributed by atoms with Crippen molar-refractivity contribution in [3.05, 3.63) is 34.3 Å². The summed E-state index contributed by atoms with van der Waals surface area (Å²) in [7, 11) is 0. The van der Waals surface area contributed by atoms with E-state index in [4.69, 9.17) is 11.6 Å². The van der Waals surface area contributed by atoms with E-state index >= 15 is 0 Å². The number of ether oxygens (including phenoxy) is 1. The second-order valence-corrected chi connectivity index (χ2v) is 4.07. The first-order valence-electron chi connectivity index (χ1n) is 5.26. The van der Waals surface area contributed by atoms with E-state index in [1.165, 1.54) is 0 Å². The Morgan fingerprint density at radius 2 is 2.12 bits per heavy atom. The molecule has 0 spiro atoms. The molecule has 0 radical (unpaired) electrons. The summed E-state index contributed by atoms with van der Waals surface area (Å²) in [4.78, 5) is 11.3. The maximum Gasteiger partial charge on any atom is 0.338 e. The molecule has 94 valence electrons. The summed E-state index contributed by atoms with van der Waals surface area (Å²) in [6.07, 6.45) is -3.02. The Kier molecular flexibility index (Phi) is 4.93. The predicted octanol–water partition coefficient (Wildman–Crippen LogP) is 1.61. The van der Waals surface area contributed by atoms with Crippen LogP contribution in [-0.2, 0) is 9.53 Å². The van der Waals surface area contributed by atoms with Crippen molar-refractivity contribution in [3.63, 3.8) is 0 Å². The zero-order valence-electron chi connectivity index (χ0n) is 9.68.